The standard InChI is InChI=1S/3ClH.Hf/h3*1H;/q;;;+3/p-3. The largest absolute Gasteiger partial charge is 3.00 e. The van der Waals surface area contributed by atoms with Gasteiger partial charge in [0.05, 0.1) is 0 Å². The minimum atomic E-state index is 0. The summed E-state index contributed by atoms with van der Waals surface area (Å²) in [6, 6.07) is 0. The molecular formula is Cl3Hf. The summed E-state index contributed by atoms with van der Waals surface area (Å²) in [5.41, 5.74) is 0. The molecule has 0 heterocycles. The fraction of sp³-hybridized carbons (Fsp3) is 0. The van der Waals surface area contributed by atoms with Crippen LogP contribution in [0.4, 0.5) is 0 Å². The summed E-state index contributed by atoms with van der Waals surface area (Å²) in [6.07, 6.45) is 0. The van der Waals surface area contributed by atoms with Gasteiger partial charge >= 0.3 is 25.8 Å². The number of halogens is 3. The maximum Gasteiger partial charge on any atom is 3.00 e. The fourth-order valence-corrected chi connectivity index (χ4v) is 0. The molecule has 4 heteroatoms. The van der Waals surface area contributed by atoms with Crippen LogP contribution in [0.3, 0.4) is 0 Å². The maximum absolute atomic E-state index is 0. The zero-order valence-electron chi connectivity index (χ0n) is 1.63. The van der Waals surface area contributed by atoms with Gasteiger partial charge in [-0.3, -0.25) is 0 Å². The van der Waals surface area contributed by atoms with Gasteiger partial charge in [0.25, 0.3) is 0 Å². The van der Waals surface area contributed by atoms with Gasteiger partial charge in [0, 0.05) is 0 Å². The average molecular weight is 285 g/mol. The SMILES string of the molecule is [Cl-].[Cl-].[Cl-].[Hf+3]. The molecule has 0 saturated heterocycles. The first-order valence-corrected chi connectivity index (χ1v) is 0. The van der Waals surface area contributed by atoms with Crippen molar-refractivity contribution in [2.45, 2.75) is 0 Å². The molecular weight excluding hydrogens is 285 g/mol. The van der Waals surface area contributed by atoms with Crippen molar-refractivity contribution in [1.82, 2.24) is 0 Å². The number of hydrogen-bond donors (Lipinski definition) is 0. The first kappa shape index (κ1) is 42.6. The molecule has 0 aromatic rings. The second-order valence-electron chi connectivity index (χ2n) is 0. The maximum atomic E-state index is 0. The van der Waals surface area contributed by atoms with Crippen LogP contribution in [-0.2, 0) is 25.8 Å². The Balaban J connectivity index is 0. The van der Waals surface area contributed by atoms with E-state index in [1.807, 2.05) is 0 Å². The third kappa shape index (κ3) is 9.27. The van der Waals surface area contributed by atoms with Gasteiger partial charge in [-0.05, 0) is 0 Å². The fourth-order valence-electron chi connectivity index (χ4n) is 0. The van der Waals surface area contributed by atoms with Crippen molar-refractivity contribution < 1.29 is 63.1 Å². The number of rotatable bonds is 0. The summed E-state index contributed by atoms with van der Waals surface area (Å²) in [5.74, 6) is 0. The third-order valence-corrected chi connectivity index (χ3v) is 0. The van der Waals surface area contributed by atoms with Gasteiger partial charge in [0.2, 0.25) is 0 Å². The van der Waals surface area contributed by atoms with Crippen LogP contribution in [0, 0.1) is 0 Å². The van der Waals surface area contributed by atoms with Crippen LogP contribution in [0.25, 0.3) is 0 Å². The molecule has 0 amide bonds. The molecule has 0 bridgehead atoms. The Morgan fingerprint density at radius 1 is 0.500 bits per heavy atom. The molecule has 0 aliphatic rings. The van der Waals surface area contributed by atoms with Crippen molar-refractivity contribution in [3.8, 4) is 0 Å². The summed E-state index contributed by atoms with van der Waals surface area (Å²) in [7, 11) is 0. The van der Waals surface area contributed by atoms with Crippen molar-refractivity contribution in [3.63, 3.8) is 0 Å². The summed E-state index contributed by atoms with van der Waals surface area (Å²) >= 11 is 0. The molecule has 4 heavy (non-hydrogen) atoms. The first-order chi connectivity index (χ1) is 0. The molecule has 0 aromatic carbocycles. The average Bonchev–Trinajstić information content (AvgIpc) is 0. The van der Waals surface area contributed by atoms with E-state index in [4.69, 9.17) is 0 Å². The van der Waals surface area contributed by atoms with E-state index in [1.165, 1.54) is 0 Å². The van der Waals surface area contributed by atoms with Gasteiger partial charge in [-0.25, -0.2) is 0 Å². The third-order valence-electron chi connectivity index (χ3n) is 0. The Bertz CT molecular complexity index is 3.25. The zero-order chi connectivity index (χ0) is 0. The quantitative estimate of drug-likeness (QED) is 0.388. The predicted molar refractivity (Wildman–Crippen MR) is 0 cm³/mol. The van der Waals surface area contributed by atoms with Gasteiger partial charge in [0.1, 0.15) is 0 Å². The molecule has 0 spiro atoms. The number of hydrogen-bond acceptors (Lipinski definition) is 0. The molecule has 0 atom stereocenters. The minimum Gasteiger partial charge on any atom is -1.00 e. The Morgan fingerprint density at radius 3 is 0.500 bits per heavy atom. The van der Waals surface area contributed by atoms with E-state index >= 15 is 0 Å². The van der Waals surface area contributed by atoms with Gasteiger partial charge < -0.3 is 37.2 Å². The topological polar surface area (TPSA) is 0 Å². The Hall–Kier alpha value is 1.74. The molecule has 0 aliphatic carbocycles. The van der Waals surface area contributed by atoms with E-state index in [2.05, 4.69) is 0 Å². The predicted octanol–water partition coefficient (Wildman–Crippen LogP) is -8.99. The molecule has 0 saturated carbocycles. The zero-order valence-corrected chi connectivity index (χ0v) is 7.49. The second-order valence-corrected chi connectivity index (χ2v) is 0. The summed E-state index contributed by atoms with van der Waals surface area (Å²) < 4.78 is 0. The van der Waals surface area contributed by atoms with Crippen molar-refractivity contribution >= 4 is 0 Å². The van der Waals surface area contributed by atoms with Crippen LogP contribution in [-0.4, -0.2) is 0 Å². The molecule has 0 rings (SSSR count). The van der Waals surface area contributed by atoms with E-state index in [1.54, 1.807) is 0 Å². The molecule has 1 radical (unpaired) electrons. The van der Waals surface area contributed by atoms with Crippen LogP contribution in [0.2, 0.25) is 0 Å². The van der Waals surface area contributed by atoms with Crippen molar-refractivity contribution in [1.29, 1.82) is 0 Å². The minimum absolute atomic E-state index is 0. The molecule has 0 aromatic heterocycles. The van der Waals surface area contributed by atoms with Gasteiger partial charge in [-0.1, -0.05) is 0 Å². The van der Waals surface area contributed by atoms with Gasteiger partial charge in [-0.15, -0.1) is 0 Å². The van der Waals surface area contributed by atoms with Crippen molar-refractivity contribution in [3.05, 3.63) is 0 Å². The molecule has 0 unspecified atom stereocenters. The molecule has 0 N–H and O–H groups in total. The Kier molecular flexibility index (Phi) is 233. The molecule has 0 fully saturated rings. The van der Waals surface area contributed by atoms with Crippen molar-refractivity contribution in [2.24, 2.45) is 0 Å². The second kappa shape index (κ2) is 21.9. The van der Waals surface area contributed by atoms with E-state index < -0.39 is 0 Å². The molecule has 0 aliphatic heterocycles. The summed E-state index contributed by atoms with van der Waals surface area (Å²) in [4.78, 5) is 0. The Labute approximate surface area is 62.7 Å². The summed E-state index contributed by atoms with van der Waals surface area (Å²) in [6.45, 7) is 0. The van der Waals surface area contributed by atoms with Crippen LogP contribution in [0.15, 0.2) is 0 Å². The van der Waals surface area contributed by atoms with Crippen LogP contribution in [0.5, 0.6) is 0 Å². The van der Waals surface area contributed by atoms with Gasteiger partial charge in [-0.2, -0.15) is 0 Å². The smallest absolute Gasteiger partial charge is 1.00 e. The van der Waals surface area contributed by atoms with Crippen LogP contribution in [0.1, 0.15) is 0 Å². The van der Waals surface area contributed by atoms with Gasteiger partial charge in [0.15, 0.2) is 0 Å². The first-order valence-electron chi connectivity index (χ1n) is 0. The van der Waals surface area contributed by atoms with Crippen molar-refractivity contribution in [2.75, 3.05) is 0 Å². The van der Waals surface area contributed by atoms with E-state index in [0.717, 1.165) is 0 Å². The molecule has 0 nitrogen and oxygen atoms in total. The van der Waals surface area contributed by atoms with E-state index in [0.29, 0.717) is 0 Å². The van der Waals surface area contributed by atoms with E-state index in [-0.39, 0.29) is 63.1 Å². The molecule has 25 valence electrons. The summed E-state index contributed by atoms with van der Waals surface area (Å²) in [5, 5.41) is 0. The van der Waals surface area contributed by atoms with Crippen LogP contribution >= 0.6 is 0 Å². The normalized spacial score (nSPS) is 0. The Morgan fingerprint density at radius 2 is 0.500 bits per heavy atom. The van der Waals surface area contributed by atoms with E-state index in [9.17, 15) is 0 Å². The van der Waals surface area contributed by atoms with Crippen LogP contribution < -0.4 is 37.2 Å². The monoisotopic (exact) mass is 285 g/mol.